The van der Waals surface area contributed by atoms with Gasteiger partial charge in [0.1, 0.15) is 0 Å². The number of thiazole rings is 1. The second-order valence-corrected chi connectivity index (χ2v) is 7.30. The molecule has 2 rings (SSSR count). The lowest BCUT2D eigenvalue weighted by Gasteiger charge is -2.28. The average Bonchev–Trinajstić information content (AvgIpc) is 2.96. The van der Waals surface area contributed by atoms with Crippen molar-refractivity contribution in [2.75, 3.05) is 13.1 Å². The molecule has 1 fully saturated rings. The van der Waals surface area contributed by atoms with Gasteiger partial charge in [0.15, 0.2) is 0 Å². The fraction of sp³-hybridized carbons (Fsp3) is 0.733. The number of carbonyl (C=O) groups is 1. The number of hydrogen-bond donors (Lipinski definition) is 1. The Hall–Kier alpha value is -0.940. The lowest BCUT2D eigenvalue weighted by molar-refractivity contribution is -0.151. The molecule has 0 bridgehead atoms. The third-order valence-electron chi connectivity index (χ3n) is 4.36. The van der Waals surface area contributed by atoms with Crippen LogP contribution in [0.2, 0.25) is 0 Å². The highest BCUT2D eigenvalue weighted by Gasteiger charge is 2.47. The molecule has 5 heteroatoms. The minimum absolute atomic E-state index is 0.159. The smallest absolute Gasteiger partial charge is 0.311 e. The Bertz CT molecular complexity index is 484. The molecule has 0 radical (unpaired) electrons. The Kier molecular flexibility index (Phi) is 4.49. The summed E-state index contributed by atoms with van der Waals surface area (Å²) >= 11 is 1.70. The van der Waals surface area contributed by atoms with E-state index in [-0.39, 0.29) is 5.92 Å². The van der Waals surface area contributed by atoms with E-state index < -0.39 is 11.4 Å². The molecular weight excluding hydrogens is 272 g/mol. The summed E-state index contributed by atoms with van der Waals surface area (Å²) in [5.74, 6) is -0.0380. The van der Waals surface area contributed by atoms with Gasteiger partial charge >= 0.3 is 5.97 Å². The van der Waals surface area contributed by atoms with Crippen LogP contribution in [0.25, 0.3) is 0 Å². The molecule has 1 atom stereocenters. The molecule has 2 heterocycles. The fourth-order valence-corrected chi connectivity index (χ4v) is 3.66. The van der Waals surface area contributed by atoms with E-state index in [9.17, 15) is 9.90 Å². The molecule has 0 saturated carbocycles. The highest BCUT2D eigenvalue weighted by Crippen LogP contribution is 2.38. The van der Waals surface area contributed by atoms with Crippen LogP contribution in [0, 0.1) is 11.3 Å². The van der Waals surface area contributed by atoms with Crippen molar-refractivity contribution in [1.29, 1.82) is 0 Å². The zero-order chi connectivity index (χ0) is 14.9. The molecular formula is C15H24N2O2S. The Morgan fingerprint density at radius 2 is 2.20 bits per heavy atom. The van der Waals surface area contributed by atoms with Gasteiger partial charge in [-0.3, -0.25) is 9.69 Å². The minimum atomic E-state index is -0.656. The van der Waals surface area contributed by atoms with Crippen molar-refractivity contribution in [3.63, 3.8) is 0 Å². The molecule has 0 aromatic carbocycles. The van der Waals surface area contributed by atoms with E-state index in [2.05, 4.69) is 29.1 Å². The van der Waals surface area contributed by atoms with Crippen LogP contribution in [0.5, 0.6) is 0 Å². The number of aliphatic carboxylic acids is 1. The maximum absolute atomic E-state index is 11.6. The van der Waals surface area contributed by atoms with Gasteiger partial charge in [-0.2, -0.15) is 0 Å². The quantitative estimate of drug-likeness (QED) is 0.906. The van der Waals surface area contributed by atoms with Crippen molar-refractivity contribution in [1.82, 2.24) is 9.88 Å². The first kappa shape index (κ1) is 15.4. The topological polar surface area (TPSA) is 53.4 Å². The first-order chi connectivity index (χ1) is 9.35. The predicted molar refractivity (Wildman–Crippen MR) is 81.0 cm³/mol. The summed E-state index contributed by atoms with van der Waals surface area (Å²) in [4.78, 5) is 18.5. The lowest BCUT2D eigenvalue weighted by atomic mass is 9.76. The van der Waals surface area contributed by atoms with Crippen molar-refractivity contribution in [2.45, 2.75) is 46.6 Å². The van der Waals surface area contributed by atoms with E-state index in [1.165, 1.54) is 0 Å². The summed E-state index contributed by atoms with van der Waals surface area (Å²) in [5.41, 5.74) is 0.486. The highest BCUT2D eigenvalue weighted by atomic mass is 32.1. The fourth-order valence-electron chi connectivity index (χ4n) is 2.83. The molecule has 112 valence electrons. The molecule has 1 N–H and O–H groups in total. The second-order valence-electron chi connectivity index (χ2n) is 6.41. The van der Waals surface area contributed by atoms with Crippen molar-refractivity contribution in [3.05, 3.63) is 16.1 Å². The molecule has 1 saturated heterocycles. The lowest BCUT2D eigenvalue weighted by Crippen LogP contribution is -2.39. The van der Waals surface area contributed by atoms with Crippen LogP contribution < -0.4 is 0 Å². The Morgan fingerprint density at radius 1 is 1.50 bits per heavy atom. The van der Waals surface area contributed by atoms with Crippen LogP contribution in [-0.2, 0) is 11.3 Å². The van der Waals surface area contributed by atoms with Crippen LogP contribution in [0.15, 0.2) is 5.38 Å². The number of rotatable bonds is 5. The van der Waals surface area contributed by atoms with Gasteiger partial charge in [-0.05, 0) is 18.9 Å². The van der Waals surface area contributed by atoms with Crippen LogP contribution in [0.3, 0.4) is 0 Å². The number of hydrogen-bond acceptors (Lipinski definition) is 4. The van der Waals surface area contributed by atoms with Crippen LogP contribution in [-0.4, -0.2) is 34.0 Å². The molecule has 1 aromatic heterocycles. The number of likely N-dealkylation sites (tertiary alicyclic amines) is 1. The van der Waals surface area contributed by atoms with E-state index >= 15 is 0 Å². The molecule has 1 aromatic rings. The van der Waals surface area contributed by atoms with Gasteiger partial charge in [0, 0.05) is 24.4 Å². The molecule has 1 aliphatic heterocycles. The van der Waals surface area contributed by atoms with E-state index in [4.69, 9.17) is 0 Å². The van der Waals surface area contributed by atoms with E-state index in [0.29, 0.717) is 12.5 Å². The molecule has 4 nitrogen and oxygen atoms in total. The Morgan fingerprint density at radius 3 is 2.65 bits per heavy atom. The van der Waals surface area contributed by atoms with E-state index in [0.717, 1.165) is 30.2 Å². The zero-order valence-corrected chi connectivity index (χ0v) is 13.5. The van der Waals surface area contributed by atoms with Gasteiger partial charge in [0.05, 0.1) is 16.1 Å². The van der Waals surface area contributed by atoms with Crippen molar-refractivity contribution < 1.29 is 9.90 Å². The summed E-state index contributed by atoms with van der Waals surface area (Å²) in [5, 5.41) is 12.8. The van der Waals surface area contributed by atoms with Crippen LogP contribution >= 0.6 is 11.3 Å². The predicted octanol–water partition coefficient (Wildman–Crippen LogP) is 3.20. The number of aromatic nitrogens is 1. The normalized spacial score (nSPS) is 23.9. The third-order valence-corrected chi connectivity index (χ3v) is 5.55. The molecule has 20 heavy (non-hydrogen) atoms. The van der Waals surface area contributed by atoms with Gasteiger partial charge in [0.2, 0.25) is 0 Å². The average molecular weight is 296 g/mol. The largest absolute Gasteiger partial charge is 0.481 e. The van der Waals surface area contributed by atoms with Crippen molar-refractivity contribution in [3.8, 4) is 0 Å². The summed E-state index contributed by atoms with van der Waals surface area (Å²) in [7, 11) is 0. The van der Waals surface area contributed by atoms with Crippen LogP contribution in [0.4, 0.5) is 0 Å². The van der Waals surface area contributed by atoms with Gasteiger partial charge in [0.25, 0.3) is 0 Å². The Balaban J connectivity index is 2.04. The standard InChI is InChI=1S/C15H24N2O2S/c1-10(2)13-16-12(8-20-13)7-17-6-5-15(9-17,11(3)4)14(18)19/h8,10-11H,5-7,9H2,1-4H3,(H,18,19). The summed E-state index contributed by atoms with van der Waals surface area (Å²) in [6.45, 7) is 10.6. The third kappa shape index (κ3) is 2.88. The summed E-state index contributed by atoms with van der Waals surface area (Å²) < 4.78 is 0. The maximum Gasteiger partial charge on any atom is 0.311 e. The number of carboxylic acids is 1. The first-order valence-corrected chi connectivity index (χ1v) is 8.13. The van der Waals surface area contributed by atoms with Gasteiger partial charge in [-0.15, -0.1) is 11.3 Å². The molecule has 1 unspecified atom stereocenters. The van der Waals surface area contributed by atoms with Crippen molar-refractivity contribution >= 4 is 17.3 Å². The zero-order valence-electron chi connectivity index (χ0n) is 12.7. The molecule has 0 amide bonds. The highest BCUT2D eigenvalue weighted by molar-refractivity contribution is 7.09. The molecule has 0 spiro atoms. The second kappa shape index (κ2) is 5.82. The number of carboxylic acid groups (broad SMARTS) is 1. The Labute approximate surface area is 124 Å². The summed E-state index contributed by atoms with van der Waals surface area (Å²) in [6.07, 6.45) is 0.737. The minimum Gasteiger partial charge on any atom is -0.481 e. The number of nitrogens with zero attached hydrogens (tertiary/aromatic N) is 2. The SMILES string of the molecule is CC(C)c1nc(CN2CCC(C(=O)O)(C(C)C)C2)cs1. The van der Waals surface area contributed by atoms with Gasteiger partial charge in [-0.25, -0.2) is 4.98 Å². The van der Waals surface area contributed by atoms with E-state index in [1.54, 1.807) is 11.3 Å². The monoisotopic (exact) mass is 296 g/mol. The first-order valence-electron chi connectivity index (χ1n) is 7.25. The van der Waals surface area contributed by atoms with Gasteiger partial charge in [-0.1, -0.05) is 27.7 Å². The van der Waals surface area contributed by atoms with E-state index in [1.807, 2.05) is 13.8 Å². The van der Waals surface area contributed by atoms with Crippen molar-refractivity contribution in [2.24, 2.45) is 11.3 Å². The summed E-state index contributed by atoms with van der Waals surface area (Å²) in [6, 6.07) is 0. The maximum atomic E-state index is 11.6. The molecule has 0 aliphatic carbocycles. The molecule has 1 aliphatic rings. The van der Waals surface area contributed by atoms with Crippen LogP contribution in [0.1, 0.15) is 50.7 Å². The van der Waals surface area contributed by atoms with Gasteiger partial charge < -0.3 is 5.11 Å².